The van der Waals surface area contributed by atoms with Crippen LogP contribution in [0.25, 0.3) is 0 Å². The minimum absolute atomic E-state index is 0.0888. The first kappa shape index (κ1) is 24.2. The molecule has 0 bridgehead atoms. The van der Waals surface area contributed by atoms with Gasteiger partial charge < -0.3 is 19.5 Å². The Morgan fingerprint density at radius 2 is 1.24 bits per heavy atom. The van der Waals surface area contributed by atoms with Gasteiger partial charge in [-0.1, -0.05) is 90.5 Å². The molecule has 0 aliphatic rings. The zero-order valence-electron chi connectivity index (χ0n) is 19.1. The van der Waals surface area contributed by atoms with Crippen molar-refractivity contribution in [1.29, 1.82) is 0 Å². The highest BCUT2D eigenvalue weighted by molar-refractivity contribution is 5.82. The highest BCUT2D eigenvalue weighted by atomic mass is 16.6. The third-order valence-corrected chi connectivity index (χ3v) is 5.30. The number of amides is 1. The summed E-state index contributed by atoms with van der Waals surface area (Å²) in [5.74, 6) is -0.849. The smallest absolute Gasteiger partial charge is 0.340 e. The van der Waals surface area contributed by atoms with Gasteiger partial charge in [-0.2, -0.15) is 0 Å². The van der Waals surface area contributed by atoms with Crippen LogP contribution >= 0.6 is 0 Å². The van der Waals surface area contributed by atoms with Gasteiger partial charge in [-0.05, 0) is 23.6 Å². The molecule has 3 aromatic carbocycles. The Morgan fingerprint density at radius 1 is 0.727 bits per heavy atom. The topological polar surface area (TPSA) is 73.9 Å². The van der Waals surface area contributed by atoms with Gasteiger partial charge in [-0.25, -0.2) is 4.79 Å². The Bertz CT molecular complexity index is 1020. The van der Waals surface area contributed by atoms with Gasteiger partial charge in [0, 0.05) is 14.2 Å². The summed E-state index contributed by atoms with van der Waals surface area (Å²) in [4.78, 5) is 25.9. The summed E-state index contributed by atoms with van der Waals surface area (Å²) >= 11 is 0. The fourth-order valence-electron chi connectivity index (χ4n) is 3.52. The summed E-state index contributed by atoms with van der Waals surface area (Å²) in [5, 5.41) is 2.87. The van der Waals surface area contributed by atoms with E-state index in [0.717, 1.165) is 16.7 Å². The van der Waals surface area contributed by atoms with Crippen LogP contribution in [0.2, 0.25) is 0 Å². The SMILES string of the molecule is COC(C(=O)NC[C@H](OC(=O)C(OC)c1ccccc1)c1ccc(C)cc1)c1ccccc1. The van der Waals surface area contributed by atoms with E-state index in [4.69, 9.17) is 14.2 Å². The van der Waals surface area contributed by atoms with Crippen molar-refractivity contribution >= 4 is 11.9 Å². The number of hydrogen-bond donors (Lipinski definition) is 1. The molecule has 0 radical (unpaired) electrons. The van der Waals surface area contributed by atoms with Gasteiger partial charge in [0.1, 0.15) is 6.10 Å². The van der Waals surface area contributed by atoms with E-state index in [1.54, 1.807) is 12.1 Å². The second kappa shape index (κ2) is 11.9. The number of ether oxygens (including phenoxy) is 3. The number of benzene rings is 3. The molecule has 3 rings (SSSR count). The summed E-state index contributed by atoms with van der Waals surface area (Å²) in [7, 11) is 2.95. The monoisotopic (exact) mass is 447 g/mol. The van der Waals surface area contributed by atoms with Gasteiger partial charge in [0.2, 0.25) is 0 Å². The van der Waals surface area contributed by atoms with Crippen LogP contribution < -0.4 is 5.32 Å². The molecule has 3 aromatic rings. The molecule has 0 spiro atoms. The van der Waals surface area contributed by atoms with E-state index in [1.165, 1.54) is 14.2 Å². The van der Waals surface area contributed by atoms with Crippen molar-refractivity contribution in [3.05, 3.63) is 107 Å². The average Bonchev–Trinajstić information content (AvgIpc) is 2.84. The van der Waals surface area contributed by atoms with Crippen LogP contribution in [0.5, 0.6) is 0 Å². The van der Waals surface area contributed by atoms with Gasteiger partial charge in [-0.3, -0.25) is 4.79 Å². The highest BCUT2D eigenvalue weighted by Gasteiger charge is 2.27. The second-order valence-corrected chi connectivity index (χ2v) is 7.63. The first-order valence-electron chi connectivity index (χ1n) is 10.7. The lowest BCUT2D eigenvalue weighted by Crippen LogP contribution is -2.35. The Kier molecular flexibility index (Phi) is 8.75. The number of esters is 1. The maximum atomic E-state index is 13.0. The molecule has 0 fully saturated rings. The molecule has 33 heavy (non-hydrogen) atoms. The van der Waals surface area contributed by atoms with Crippen molar-refractivity contribution in [1.82, 2.24) is 5.32 Å². The van der Waals surface area contributed by atoms with Crippen molar-refractivity contribution in [3.63, 3.8) is 0 Å². The van der Waals surface area contributed by atoms with E-state index in [2.05, 4.69) is 5.32 Å². The number of carbonyl (C=O) groups excluding carboxylic acids is 2. The maximum Gasteiger partial charge on any atom is 0.340 e. The summed E-state index contributed by atoms with van der Waals surface area (Å²) in [5.41, 5.74) is 3.28. The van der Waals surface area contributed by atoms with Gasteiger partial charge in [-0.15, -0.1) is 0 Å². The molecule has 0 saturated carbocycles. The third kappa shape index (κ3) is 6.51. The molecule has 0 saturated heterocycles. The van der Waals surface area contributed by atoms with Gasteiger partial charge in [0.25, 0.3) is 5.91 Å². The lowest BCUT2D eigenvalue weighted by Gasteiger charge is -2.23. The fourth-order valence-corrected chi connectivity index (χ4v) is 3.52. The third-order valence-electron chi connectivity index (χ3n) is 5.30. The minimum atomic E-state index is -0.870. The fraction of sp³-hybridized carbons (Fsp3) is 0.259. The molecule has 1 amide bonds. The van der Waals surface area contributed by atoms with Crippen LogP contribution in [0.1, 0.15) is 40.6 Å². The van der Waals surface area contributed by atoms with Crippen LogP contribution in [0.4, 0.5) is 0 Å². The number of hydrogen-bond acceptors (Lipinski definition) is 5. The predicted molar refractivity (Wildman–Crippen MR) is 125 cm³/mol. The molecule has 0 aromatic heterocycles. The van der Waals surface area contributed by atoms with E-state index in [0.29, 0.717) is 5.56 Å². The van der Waals surface area contributed by atoms with E-state index in [9.17, 15) is 9.59 Å². The number of methoxy groups -OCH3 is 2. The molecule has 2 unspecified atom stereocenters. The lowest BCUT2D eigenvalue weighted by molar-refractivity contribution is -0.162. The molecule has 172 valence electrons. The molecule has 0 aliphatic heterocycles. The summed E-state index contributed by atoms with van der Waals surface area (Å²) in [6.07, 6.45) is -2.33. The molecule has 0 heterocycles. The maximum absolute atomic E-state index is 13.0. The van der Waals surface area contributed by atoms with E-state index >= 15 is 0 Å². The van der Waals surface area contributed by atoms with Crippen LogP contribution in [0.15, 0.2) is 84.9 Å². The molecule has 6 heteroatoms. The Balaban J connectivity index is 1.76. The standard InChI is InChI=1S/C27H29NO5/c1-19-14-16-20(17-15-19)23(33-27(30)25(32-3)22-12-8-5-9-13-22)18-28-26(29)24(31-2)21-10-6-4-7-11-21/h4-17,23-25H,18H2,1-3H3,(H,28,29)/t23-,24?,25?/m0/s1. The summed E-state index contributed by atoms with van der Waals surface area (Å²) in [6.45, 7) is 2.07. The van der Waals surface area contributed by atoms with Crippen LogP contribution in [0.3, 0.4) is 0 Å². The zero-order valence-corrected chi connectivity index (χ0v) is 19.1. The zero-order chi connectivity index (χ0) is 23.6. The minimum Gasteiger partial charge on any atom is -0.453 e. The lowest BCUT2D eigenvalue weighted by atomic mass is 10.1. The van der Waals surface area contributed by atoms with Crippen molar-refractivity contribution < 1.29 is 23.8 Å². The number of rotatable bonds is 10. The molecule has 3 atom stereocenters. The summed E-state index contributed by atoms with van der Waals surface area (Å²) < 4.78 is 16.7. The van der Waals surface area contributed by atoms with E-state index in [-0.39, 0.29) is 12.5 Å². The average molecular weight is 448 g/mol. The number of nitrogens with one attached hydrogen (secondary N) is 1. The van der Waals surface area contributed by atoms with Crippen LogP contribution in [-0.4, -0.2) is 32.6 Å². The van der Waals surface area contributed by atoms with E-state index in [1.807, 2.05) is 79.7 Å². The first-order chi connectivity index (χ1) is 16.0. The van der Waals surface area contributed by atoms with Crippen LogP contribution in [-0.2, 0) is 23.8 Å². The largest absolute Gasteiger partial charge is 0.453 e. The summed E-state index contributed by atoms with van der Waals surface area (Å²) in [6, 6.07) is 26.0. The Morgan fingerprint density at radius 3 is 1.76 bits per heavy atom. The van der Waals surface area contributed by atoms with Gasteiger partial charge in [0.15, 0.2) is 12.2 Å². The number of aryl methyl sites for hydroxylation is 1. The van der Waals surface area contributed by atoms with Crippen LogP contribution in [0, 0.1) is 6.92 Å². The highest BCUT2D eigenvalue weighted by Crippen LogP contribution is 2.25. The normalized spacial score (nSPS) is 13.5. The Hall–Kier alpha value is -3.48. The van der Waals surface area contributed by atoms with E-state index < -0.39 is 24.3 Å². The molecule has 0 aliphatic carbocycles. The van der Waals surface area contributed by atoms with Gasteiger partial charge >= 0.3 is 5.97 Å². The molecule has 1 N–H and O–H groups in total. The van der Waals surface area contributed by atoms with Crippen molar-refractivity contribution in [2.24, 2.45) is 0 Å². The first-order valence-corrected chi connectivity index (χ1v) is 10.7. The second-order valence-electron chi connectivity index (χ2n) is 7.63. The quantitative estimate of drug-likeness (QED) is 0.464. The molecular formula is C27H29NO5. The number of carbonyl (C=O) groups is 2. The predicted octanol–water partition coefficient (Wildman–Crippen LogP) is 4.47. The van der Waals surface area contributed by atoms with Gasteiger partial charge in [0.05, 0.1) is 6.54 Å². The molecule has 6 nitrogen and oxygen atoms in total. The van der Waals surface area contributed by atoms with Crippen molar-refractivity contribution in [3.8, 4) is 0 Å². The van der Waals surface area contributed by atoms with Crippen molar-refractivity contribution in [2.45, 2.75) is 25.2 Å². The Labute approximate surface area is 194 Å². The molecular weight excluding hydrogens is 418 g/mol. The van der Waals surface area contributed by atoms with Crippen molar-refractivity contribution in [2.75, 3.05) is 20.8 Å².